The van der Waals surface area contributed by atoms with E-state index in [0.29, 0.717) is 23.3 Å². The molecule has 5 nitrogen and oxygen atoms in total. The molecule has 10 heteroatoms. The van der Waals surface area contributed by atoms with Crippen molar-refractivity contribution in [3.63, 3.8) is 0 Å². The third-order valence-electron chi connectivity index (χ3n) is 5.53. The van der Waals surface area contributed by atoms with E-state index in [9.17, 15) is 22.4 Å². The van der Waals surface area contributed by atoms with Gasteiger partial charge in [-0.05, 0) is 36.2 Å². The second kappa shape index (κ2) is 11.4. The Morgan fingerprint density at radius 1 is 1.05 bits per heavy atom. The Hall–Kier alpha value is -3.37. The third kappa shape index (κ3) is 6.69. The van der Waals surface area contributed by atoms with Gasteiger partial charge in [0.15, 0.2) is 5.78 Å². The smallest absolute Gasteiger partial charge is 0.491 e. The van der Waals surface area contributed by atoms with E-state index < -0.39 is 28.5 Å². The van der Waals surface area contributed by atoms with E-state index in [4.69, 9.17) is 9.47 Å². The number of nitrogens with one attached hydrogen (secondary N) is 1. The van der Waals surface area contributed by atoms with Gasteiger partial charge in [-0.2, -0.15) is 0 Å². The van der Waals surface area contributed by atoms with E-state index >= 15 is 0 Å². The molecule has 0 aliphatic heterocycles. The first-order valence-corrected chi connectivity index (χ1v) is 12.1. The fourth-order valence-corrected chi connectivity index (χ4v) is 4.50. The summed E-state index contributed by atoms with van der Waals surface area (Å²) in [6.07, 6.45) is -3.45. The normalized spacial score (nSPS) is 12.5. The molecule has 1 unspecified atom stereocenters. The van der Waals surface area contributed by atoms with Gasteiger partial charge in [-0.3, -0.25) is 4.79 Å². The first-order chi connectivity index (χ1) is 17.6. The van der Waals surface area contributed by atoms with Gasteiger partial charge in [0.2, 0.25) is 0 Å². The number of carbonyl (C=O) groups is 1. The second-order valence-electron chi connectivity index (χ2n) is 8.21. The van der Waals surface area contributed by atoms with Crippen LogP contribution < -0.4 is 9.47 Å². The molecule has 4 rings (SSSR count). The number of Topliss-reactive ketones (excluding diaryl/α,β-unsaturated/α-hetero) is 1. The van der Waals surface area contributed by atoms with Crippen molar-refractivity contribution in [2.24, 2.45) is 0 Å². The molecule has 0 saturated heterocycles. The lowest BCUT2D eigenvalue weighted by molar-refractivity contribution is -0.274. The number of rotatable bonds is 10. The number of carbonyl (C=O) groups excluding carboxylic acids is 1. The summed E-state index contributed by atoms with van der Waals surface area (Å²) < 4.78 is 67.7. The number of alkyl halides is 4. The van der Waals surface area contributed by atoms with Crippen molar-refractivity contribution in [2.75, 3.05) is 13.2 Å². The van der Waals surface area contributed by atoms with Crippen molar-refractivity contribution in [3.8, 4) is 11.5 Å². The Bertz CT molecular complexity index is 1390. The van der Waals surface area contributed by atoms with Crippen LogP contribution in [0.1, 0.15) is 31.9 Å². The lowest BCUT2D eigenvalue weighted by Crippen LogP contribution is -2.17. The molecule has 0 saturated carbocycles. The molecule has 1 N–H and O–H groups in total. The highest BCUT2D eigenvalue weighted by Crippen LogP contribution is 2.37. The van der Waals surface area contributed by atoms with Crippen molar-refractivity contribution in [2.45, 2.75) is 24.7 Å². The summed E-state index contributed by atoms with van der Waals surface area (Å²) in [5.41, 5.74) is 2.49. The van der Waals surface area contributed by atoms with Crippen LogP contribution in [-0.4, -0.2) is 30.3 Å². The van der Waals surface area contributed by atoms with E-state index in [0.717, 1.165) is 11.6 Å². The van der Waals surface area contributed by atoms with Crippen LogP contribution in [0.15, 0.2) is 66.9 Å². The van der Waals surface area contributed by atoms with E-state index in [-0.39, 0.29) is 29.9 Å². The average Bonchev–Trinajstić information content (AvgIpc) is 3.27. The summed E-state index contributed by atoms with van der Waals surface area (Å²) in [5, 5.41) is 0.271. The topological polar surface area (TPSA) is 60.6 Å². The number of fused-ring (bicyclic) bond motifs is 1. The predicted molar refractivity (Wildman–Crippen MR) is 134 cm³/mol. The van der Waals surface area contributed by atoms with Crippen LogP contribution in [-0.2, 0) is 11.3 Å². The predicted octanol–water partition coefficient (Wildman–Crippen LogP) is 7.43. The van der Waals surface area contributed by atoms with Crippen LogP contribution in [0.4, 0.5) is 17.6 Å². The number of benzene rings is 3. The lowest BCUT2D eigenvalue weighted by atomic mass is 10.0. The minimum absolute atomic E-state index is 0.113. The molecular weight excluding hydrogens is 558 g/mol. The van der Waals surface area contributed by atoms with Crippen molar-refractivity contribution in [1.29, 1.82) is 0 Å². The van der Waals surface area contributed by atoms with Gasteiger partial charge in [0, 0.05) is 34.3 Å². The van der Waals surface area contributed by atoms with Crippen molar-refractivity contribution < 1.29 is 36.6 Å². The van der Waals surface area contributed by atoms with Crippen molar-refractivity contribution in [1.82, 2.24) is 4.98 Å². The van der Waals surface area contributed by atoms with Gasteiger partial charge >= 0.3 is 6.36 Å². The summed E-state index contributed by atoms with van der Waals surface area (Å²) >= 11 is 3.36. The van der Waals surface area contributed by atoms with Crippen LogP contribution >= 0.6 is 15.9 Å². The molecular formula is C27H22BrF4NO4. The molecule has 1 heterocycles. The van der Waals surface area contributed by atoms with Gasteiger partial charge in [0.25, 0.3) is 0 Å². The molecule has 4 aromatic rings. The van der Waals surface area contributed by atoms with E-state index in [1.54, 1.807) is 6.92 Å². The molecule has 0 aliphatic rings. The molecule has 0 bridgehead atoms. The molecule has 0 amide bonds. The fourth-order valence-electron chi connectivity index (χ4n) is 3.87. The largest absolute Gasteiger partial charge is 0.573 e. The molecule has 37 heavy (non-hydrogen) atoms. The monoisotopic (exact) mass is 579 g/mol. The molecule has 0 fully saturated rings. The summed E-state index contributed by atoms with van der Waals surface area (Å²) in [6, 6.07) is 15.7. The number of hydrogen-bond donors (Lipinski definition) is 1. The zero-order chi connectivity index (χ0) is 26.6. The first kappa shape index (κ1) is 26.7. The number of hydrogen-bond acceptors (Lipinski definition) is 4. The van der Waals surface area contributed by atoms with E-state index in [1.165, 1.54) is 30.5 Å². The highest BCUT2D eigenvalue weighted by molar-refractivity contribution is 9.09. The standard InChI is InChI=1S/C27H22BrF4NO4/c1-16-11-19(37-27(30,31)32)13-21-22(14-33-25(16)21)26(34)24(28)20-8-7-18(29)12-23(20)36-10-9-35-15-17-5-3-2-4-6-17/h2-8,11-14,24,33H,9-10,15H2,1H3. The minimum atomic E-state index is -4.87. The molecule has 194 valence electrons. The van der Waals surface area contributed by atoms with Gasteiger partial charge in [-0.1, -0.05) is 52.3 Å². The van der Waals surface area contributed by atoms with Gasteiger partial charge in [0.05, 0.1) is 13.2 Å². The maximum Gasteiger partial charge on any atom is 0.573 e. The van der Waals surface area contributed by atoms with Crippen molar-refractivity contribution >= 4 is 32.6 Å². The summed E-state index contributed by atoms with van der Waals surface area (Å²) in [4.78, 5) is 15.4. The molecule has 0 radical (unpaired) electrons. The molecule has 3 aromatic carbocycles. The number of halogens is 5. The highest BCUT2D eigenvalue weighted by Gasteiger charge is 2.32. The summed E-state index contributed by atoms with van der Waals surface area (Å²) in [7, 11) is 0. The van der Waals surface area contributed by atoms with E-state index in [1.807, 2.05) is 30.3 Å². The van der Waals surface area contributed by atoms with Crippen LogP contribution in [0.3, 0.4) is 0 Å². The van der Waals surface area contributed by atoms with Crippen LogP contribution in [0, 0.1) is 12.7 Å². The van der Waals surface area contributed by atoms with Crippen LogP contribution in [0.5, 0.6) is 11.5 Å². The average molecular weight is 580 g/mol. The Morgan fingerprint density at radius 3 is 2.54 bits per heavy atom. The van der Waals surface area contributed by atoms with Gasteiger partial charge in [-0.15, -0.1) is 13.2 Å². The summed E-state index contributed by atoms with van der Waals surface area (Å²) in [6.45, 7) is 2.34. The quantitative estimate of drug-likeness (QED) is 0.0918. The summed E-state index contributed by atoms with van der Waals surface area (Å²) in [5.74, 6) is -1.28. The number of H-pyrrole nitrogens is 1. The Labute approximate surface area is 218 Å². The SMILES string of the molecule is Cc1cc(OC(F)(F)F)cc2c(C(=O)C(Br)c3ccc(F)cc3OCCOCc3ccccc3)c[nH]c12. The molecule has 1 atom stereocenters. The van der Waals surface area contributed by atoms with Gasteiger partial charge in [-0.25, -0.2) is 4.39 Å². The molecule has 1 aromatic heterocycles. The Morgan fingerprint density at radius 2 is 1.81 bits per heavy atom. The number of aryl methyl sites for hydroxylation is 1. The van der Waals surface area contributed by atoms with E-state index in [2.05, 4.69) is 25.7 Å². The number of ketones is 1. The lowest BCUT2D eigenvalue weighted by Gasteiger charge is -2.16. The Kier molecular flexibility index (Phi) is 8.19. The first-order valence-electron chi connectivity index (χ1n) is 11.2. The molecule has 0 spiro atoms. The fraction of sp³-hybridized carbons (Fsp3) is 0.222. The van der Waals surface area contributed by atoms with Crippen LogP contribution in [0.25, 0.3) is 10.9 Å². The second-order valence-corrected chi connectivity index (χ2v) is 9.12. The highest BCUT2D eigenvalue weighted by atomic mass is 79.9. The number of aromatic nitrogens is 1. The Balaban J connectivity index is 1.51. The third-order valence-corrected chi connectivity index (χ3v) is 6.44. The number of aromatic amines is 1. The maximum absolute atomic E-state index is 14.0. The zero-order valence-corrected chi connectivity index (χ0v) is 21.2. The minimum Gasteiger partial charge on any atom is -0.491 e. The number of ether oxygens (including phenoxy) is 3. The maximum atomic E-state index is 14.0. The van der Waals surface area contributed by atoms with Crippen molar-refractivity contribution in [3.05, 3.63) is 94.9 Å². The van der Waals surface area contributed by atoms with Gasteiger partial charge in [0.1, 0.15) is 28.8 Å². The molecule has 0 aliphatic carbocycles. The van der Waals surface area contributed by atoms with Gasteiger partial charge < -0.3 is 19.2 Å². The zero-order valence-electron chi connectivity index (χ0n) is 19.6. The van der Waals surface area contributed by atoms with Crippen LogP contribution in [0.2, 0.25) is 0 Å².